The zero-order valence-electron chi connectivity index (χ0n) is 15.0. The molecule has 5 rings (SSSR count). The average molecular weight is 375 g/mol. The summed E-state index contributed by atoms with van der Waals surface area (Å²) in [5, 5.41) is 4.60. The summed E-state index contributed by atoms with van der Waals surface area (Å²) in [6.45, 7) is 1.60. The predicted molar refractivity (Wildman–Crippen MR) is 104 cm³/mol. The number of rotatable bonds is 4. The molecule has 0 atom stereocenters. The summed E-state index contributed by atoms with van der Waals surface area (Å²) in [4.78, 5) is 23.6. The molecule has 28 heavy (non-hydrogen) atoms. The maximum Gasteiger partial charge on any atom is 0.324 e. The Morgan fingerprint density at radius 3 is 2.89 bits per heavy atom. The van der Waals surface area contributed by atoms with E-state index in [0.717, 1.165) is 37.0 Å². The van der Waals surface area contributed by atoms with Crippen molar-refractivity contribution in [3.05, 3.63) is 53.8 Å². The third-order valence-corrected chi connectivity index (χ3v) is 5.03. The van der Waals surface area contributed by atoms with Gasteiger partial charge in [-0.15, -0.1) is 4.91 Å². The third kappa shape index (κ3) is 2.97. The van der Waals surface area contributed by atoms with Gasteiger partial charge in [-0.3, -0.25) is 4.98 Å². The minimum Gasteiger partial charge on any atom is -0.424 e. The van der Waals surface area contributed by atoms with Crippen LogP contribution in [0.15, 0.2) is 54.1 Å². The first-order chi connectivity index (χ1) is 13.8. The minimum atomic E-state index is 0.0362. The van der Waals surface area contributed by atoms with Crippen molar-refractivity contribution in [2.24, 2.45) is 5.18 Å². The highest BCUT2D eigenvalue weighted by Crippen LogP contribution is 2.31. The van der Waals surface area contributed by atoms with Gasteiger partial charge in [-0.25, -0.2) is 0 Å². The lowest BCUT2D eigenvalue weighted by atomic mass is 10.1. The minimum absolute atomic E-state index is 0.0362. The van der Waals surface area contributed by atoms with Gasteiger partial charge in [0.1, 0.15) is 5.75 Å². The van der Waals surface area contributed by atoms with E-state index in [1.807, 2.05) is 18.2 Å². The van der Waals surface area contributed by atoms with Gasteiger partial charge in [0.05, 0.1) is 17.1 Å². The first-order valence-electron chi connectivity index (χ1n) is 9.13. The molecule has 8 heteroatoms. The molecule has 4 aromatic rings. The summed E-state index contributed by atoms with van der Waals surface area (Å²) in [5.41, 5.74) is 1.66. The van der Waals surface area contributed by atoms with Crippen LogP contribution in [0.1, 0.15) is 18.9 Å². The Kier molecular flexibility index (Phi) is 4.17. The number of pyridine rings is 1. The highest BCUT2D eigenvalue weighted by atomic mass is 16.5. The van der Waals surface area contributed by atoms with Gasteiger partial charge in [0.25, 0.3) is 0 Å². The lowest BCUT2D eigenvalue weighted by Crippen LogP contribution is -2.18. The molecule has 0 spiro atoms. The molecule has 1 aliphatic rings. The van der Waals surface area contributed by atoms with Crippen molar-refractivity contribution in [2.75, 3.05) is 13.2 Å². The second kappa shape index (κ2) is 6.97. The zero-order valence-corrected chi connectivity index (χ0v) is 15.0. The molecule has 0 unspecified atom stereocenters. The fourth-order valence-electron chi connectivity index (χ4n) is 3.65. The van der Waals surface area contributed by atoms with E-state index in [2.05, 4.69) is 37.0 Å². The number of benzene rings is 1. The second-order valence-corrected chi connectivity index (χ2v) is 6.70. The van der Waals surface area contributed by atoms with Gasteiger partial charge in [0.15, 0.2) is 0 Å². The van der Waals surface area contributed by atoms with Gasteiger partial charge in [-0.1, -0.05) is 0 Å². The van der Waals surface area contributed by atoms with E-state index in [0.29, 0.717) is 22.7 Å². The van der Waals surface area contributed by atoms with Crippen molar-refractivity contribution in [3.63, 3.8) is 0 Å². The van der Waals surface area contributed by atoms with Gasteiger partial charge in [0.2, 0.25) is 5.82 Å². The van der Waals surface area contributed by atoms with Crippen molar-refractivity contribution in [2.45, 2.75) is 18.9 Å². The highest BCUT2D eigenvalue weighted by molar-refractivity contribution is 5.87. The topological polar surface area (TPSA) is 91.5 Å². The standard InChI is InChI=1S/C20H17N5O3/c26-24-19-16-3-7-21-12-17(16)22-20(23-19)28-15-1-2-18-13(11-15)4-8-25(18)14-5-9-27-10-6-14/h1-4,7-8,11-12,14H,5-6,9-10H2. The van der Waals surface area contributed by atoms with Crippen LogP contribution in [0, 0.1) is 4.91 Å². The number of nitroso groups, excluding NO2 is 1. The van der Waals surface area contributed by atoms with E-state index in [9.17, 15) is 4.91 Å². The Morgan fingerprint density at radius 1 is 1.14 bits per heavy atom. The van der Waals surface area contributed by atoms with Crippen LogP contribution in [-0.4, -0.2) is 32.7 Å². The molecule has 140 valence electrons. The third-order valence-electron chi connectivity index (χ3n) is 5.03. The molecule has 0 bridgehead atoms. The summed E-state index contributed by atoms with van der Waals surface area (Å²) in [7, 11) is 0. The first kappa shape index (κ1) is 16.8. The van der Waals surface area contributed by atoms with Gasteiger partial charge in [0, 0.05) is 42.6 Å². The van der Waals surface area contributed by atoms with Crippen LogP contribution >= 0.6 is 0 Å². The van der Waals surface area contributed by atoms with E-state index in [-0.39, 0.29) is 11.8 Å². The van der Waals surface area contributed by atoms with Crippen molar-refractivity contribution in [1.29, 1.82) is 0 Å². The molecule has 0 amide bonds. The van der Waals surface area contributed by atoms with Crippen molar-refractivity contribution < 1.29 is 9.47 Å². The Morgan fingerprint density at radius 2 is 2.04 bits per heavy atom. The summed E-state index contributed by atoms with van der Waals surface area (Å²) in [6.07, 6.45) is 7.26. The fraction of sp³-hybridized carbons (Fsp3) is 0.250. The lowest BCUT2D eigenvalue weighted by Gasteiger charge is -2.24. The molecule has 0 aliphatic carbocycles. The van der Waals surface area contributed by atoms with Crippen LogP contribution in [0.4, 0.5) is 5.82 Å². The lowest BCUT2D eigenvalue weighted by molar-refractivity contribution is 0.0707. The largest absolute Gasteiger partial charge is 0.424 e. The van der Waals surface area contributed by atoms with Crippen molar-refractivity contribution in [3.8, 4) is 11.8 Å². The molecular weight excluding hydrogens is 358 g/mol. The molecule has 0 saturated carbocycles. The summed E-state index contributed by atoms with van der Waals surface area (Å²) in [5.74, 6) is 0.631. The number of hydrogen-bond acceptors (Lipinski definition) is 7. The summed E-state index contributed by atoms with van der Waals surface area (Å²) < 4.78 is 13.6. The molecule has 1 fully saturated rings. The van der Waals surface area contributed by atoms with Gasteiger partial charge >= 0.3 is 6.01 Å². The second-order valence-electron chi connectivity index (χ2n) is 6.70. The SMILES string of the molecule is O=Nc1nc(Oc2ccc3c(ccn3C3CCOCC3)c2)nc2cnccc12. The Labute approximate surface area is 160 Å². The molecule has 1 aliphatic heterocycles. The average Bonchev–Trinajstić information content (AvgIpc) is 3.17. The van der Waals surface area contributed by atoms with E-state index in [4.69, 9.17) is 9.47 Å². The normalized spacial score (nSPS) is 15.1. The van der Waals surface area contributed by atoms with Crippen LogP contribution in [0.5, 0.6) is 11.8 Å². The smallest absolute Gasteiger partial charge is 0.324 e. The molecule has 8 nitrogen and oxygen atoms in total. The highest BCUT2D eigenvalue weighted by Gasteiger charge is 2.17. The fourth-order valence-corrected chi connectivity index (χ4v) is 3.65. The van der Waals surface area contributed by atoms with Gasteiger partial charge in [-0.05, 0) is 48.4 Å². The maximum absolute atomic E-state index is 11.1. The van der Waals surface area contributed by atoms with E-state index < -0.39 is 0 Å². The molecule has 1 saturated heterocycles. The van der Waals surface area contributed by atoms with Crippen LogP contribution in [0.3, 0.4) is 0 Å². The molecule has 1 aromatic carbocycles. The van der Waals surface area contributed by atoms with Crippen molar-refractivity contribution in [1.82, 2.24) is 19.5 Å². The molecule has 4 heterocycles. The van der Waals surface area contributed by atoms with Crippen LogP contribution < -0.4 is 4.74 Å². The maximum atomic E-state index is 11.1. The van der Waals surface area contributed by atoms with Crippen molar-refractivity contribution >= 4 is 27.6 Å². The van der Waals surface area contributed by atoms with E-state index in [1.165, 1.54) is 0 Å². The number of fused-ring (bicyclic) bond motifs is 2. The monoisotopic (exact) mass is 375 g/mol. The quantitative estimate of drug-likeness (QED) is 0.487. The number of hydrogen-bond donors (Lipinski definition) is 0. The molecule has 0 radical (unpaired) electrons. The van der Waals surface area contributed by atoms with Crippen LogP contribution in [-0.2, 0) is 4.74 Å². The zero-order chi connectivity index (χ0) is 18.9. The Bertz CT molecular complexity index is 1170. The molecule has 3 aromatic heterocycles. The van der Waals surface area contributed by atoms with Gasteiger partial charge < -0.3 is 14.0 Å². The van der Waals surface area contributed by atoms with Crippen LogP contribution in [0.25, 0.3) is 21.8 Å². The van der Waals surface area contributed by atoms with E-state index in [1.54, 1.807) is 18.5 Å². The Balaban J connectivity index is 1.47. The summed E-state index contributed by atoms with van der Waals surface area (Å²) >= 11 is 0. The molecule has 0 N–H and O–H groups in total. The number of ether oxygens (including phenoxy) is 2. The van der Waals surface area contributed by atoms with Gasteiger partial charge in [-0.2, -0.15) is 9.97 Å². The number of nitrogens with zero attached hydrogens (tertiary/aromatic N) is 5. The number of aromatic nitrogens is 4. The predicted octanol–water partition coefficient (Wildman–Crippen LogP) is 4.52. The molecular formula is C20H17N5O3. The van der Waals surface area contributed by atoms with E-state index >= 15 is 0 Å². The van der Waals surface area contributed by atoms with Crippen LogP contribution in [0.2, 0.25) is 0 Å². The Hall–Kier alpha value is -3.39. The first-order valence-corrected chi connectivity index (χ1v) is 9.13. The summed E-state index contributed by atoms with van der Waals surface area (Å²) in [6, 6.07) is 10.1.